The van der Waals surface area contributed by atoms with E-state index < -0.39 is 15.6 Å². The number of phosphoric acid groups is 2. The Bertz CT molecular complexity index is 395. The number of rotatable bonds is 14. The molecule has 0 heterocycles. The standard InChI is InChI=1S/C16H35O4P.3Ca.H3O4P.6H/c1-5-9-11-15(7-3)13-19-21(17,18)20-14-16(8-4)12-10-6-2;;;;1-5(2,3)4;;;;;;/h15-16H,5-14H2,1-4H3,(H,17,18);;;;(H3,1,2,3,4);;;;;;. The first-order valence-corrected chi connectivity index (χ1v) is 12.4. The molecule has 0 amide bonds. The Morgan fingerprint density at radius 1 is 0.690 bits per heavy atom. The summed E-state index contributed by atoms with van der Waals surface area (Å²) >= 11 is 0. The van der Waals surface area contributed by atoms with Crippen molar-refractivity contribution in [3.05, 3.63) is 0 Å². The SMILES string of the molecule is CCCCC(CC)COP(=O)(O)OCC(CC)CCCC.O=P(O)(O)O.[CaH2].[CaH2].[CaH2]. The Morgan fingerprint density at radius 2 is 0.966 bits per heavy atom. The first-order valence-electron chi connectivity index (χ1n) is 9.39. The molecule has 0 rings (SSSR count). The van der Waals surface area contributed by atoms with Gasteiger partial charge >= 0.3 is 129 Å². The van der Waals surface area contributed by atoms with Crippen molar-refractivity contribution in [2.24, 2.45) is 11.8 Å². The van der Waals surface area contributed by atoms with Gasteiger partial charge < -0.3 is 19.6 Å². The summed E-state index contributed by atoms with van der Waals surface area (Å²) < 4.78 is 31.1. The average Bonchev–Trinajstić information content (AvgIpc) is 2.53. The van der Waals surface area contributed by atoms with Crippen LogP contribution in [0.3, 0.4) is 0 Å². The molecule has 0 bridgehead atoms. The van der Waals surface area contributed by atoms with Crippen molar-refractivity contribution in [1.82, 2.24) is 0 Å². The molecule has 0 saturated carbocycles. The topological polar surface area (TPSA) is 134 Å². The van der Waals surface area contributed by atoms with Crippen LogP contribution < -0.4 is 0 Å². The van der Waals surface area contributed by atoms with Crippen LogP contribution in [-0.2, 0) is 18.2 Å². The molecular formula is C16H44Ca3O8P2. The molecule has 0 aliphatic rings. The van der Waals surface area contributed by atoms with Gasteiger partial charge in [-0.15, -0.1) is 0 Å². The van der Waals surface area contributed by atoms with E-state index in [2.05, 4.69) is 27.7 Å². The molecule has 2 unspecified atom stereocenters. The fraction of sp³-hybridized carbons (Fsp3) is 1.00. The molecule has 0 fully saturated rings. The fourth-order valence-corrected chi connectivity index (χ4v) is 3.11. The van der Waals surface area contributed by atoms with Gasteiger partial charge in [0.25, 0.3) is 0 Å². The van der Waals surface area contributed by atoms with Gasteiger partial charge in [0.15, 0.2) is 0 Å². The second kappa shape index (κ2) is 26.6. The first kappa shape index (κ1) is 43.1. The van der Waals surface area contributed by atoms with Crippen molar-refractivity contribution in [1.29, 1.82) is 0 Å². The van der Waals surface area contributed by atoms with E-state index in [1.165, 1.54) is 0 Å². The van der Waals surface area contributed by atoms with E-state index in [0.717, 1.165) is 51.4 Å². The molecule has 13 heteroatoms. The van der Waals surface area contributed by atoms with Crippen molar-refractivity contribution in [2.45, 2.75) is 79.1 Å². The van der Waals surface area contributed by atoms with E-state index in [0.29, 0.717) is 25.0 Å². The Kier molecular flexibility index (Phi) is 39.5. The average molecular weight is 547 g/mol. The predicted molar refractivity (Wildman–Crippen MR) is 128 cm³/mol. The summed E-state index contributed by atoms with van der Waals surface area (Å²) in [4.78, 5) is 31.3. The third-order valence-corrected chi connectivity index (χ3v) is 4.98. The maximum atomic E-state index is 11.9. The zero-order valence-electron chi connectivity index (χ0n) is 16.5. The summed E-state index contributed by atoms with van der Waals surface area (Å²) in [7, 11) is -8.53. The molecule has 0 spiro atoms. The molecule has 0 saturated heterocycles. The zero-order chi connectivity index (χ0) is 20.6. The third kappa shape index (κ3) is 36.7. The molecule has 0 aliphatic heterocycles. The summed E-state index contributed by atoms with van der Waals surface area (Å²) in [5.74, 6) is 0.687. The quantitative estimate of drug-likeness (QED) is 0.192. The van der Waals surface area contributed by atoms with Gasteiger partial charge in [0.2, 0.25) is 0 Å². The van der Waals surface area contributed by atoms with Gasteiger partial charge in [0.05, 0.1) is 13.2 Å². The van der Waals surface area contributed by atoms with Gasteiger partial charge in [-0.05, 0) is 24.7 Å². The second-order valence-corrected chi connectivity index (χ2v) is 8.89. The van der Waals surface area contributed by atoms with Gasteiger partial charge in [-0.25, -0.2) is 9.13 Å². The molecular weight excluding hydrogens is 502 g/mol. The van der Waals surface area contributed by atoms with Gasteiger partial charge in [-0.3, -0.25) is 9.05 Å². The van der Waals surface area contributed by atoms with Crippen LogP contribution in [0.5, 0.6) is 0 Å². The van der Waals surface area contributed by atoms with Crippen molar-refractivity contribution in [3.8, 4) is 0 Å². The predicted octanol–water partition coefficient (Wildman–Crippen LogP) is 1.88. The van der Waals surface area contributed by atoms with Crippen molar-refractivity contribution in [3.63, 3.8) is 0 Å². The fourth-order valence-electron chi connectivity index (χ4n) is 2.23. The van der Waals surface area contributed by atoms with E-state index in [-0.39, 0.29) is 113 Å². The molecule has 0 radical (unpaired) electrons. The number of hydrogen-bond donors (Lipinski definition) is 4. The normalized spacial score (nSPS) is 14.6. The Morgan fingerprint density at radius 3 is 1.17 bits per heavy atom. The molecule has 172 valence electrons. The van der Waals surface area contributed by atoms with Crippen LogP contribution in [0.15, 0.2) is 0 Å². The number of unbranched alkanes of at least 4 members (excludes halogenated alkanes) is 2. The maximum absolute atomic E-state index is 11.9. The third-order valence-electron chi connectivity index (χ3n) is 4.03. The molecule has 2 atom stereocenters. The summed E-state index contributed by atoms with van der Waals surface area (Å²) in [5.41, 5.74) is 0. The number of phosphoric ester groups is 1. The molecule has 0 aromatic rings. The van der Waals surface area contributed by atoms with Gasteiger partial charge in [0, 0.05) is 0 Å². The van der Waals surface area contributed by atoms with Crippen LogP contribution in [0, 0.1) is 11.8 Å². The van der Waals surface area contributed by atoms with E-state index in [1.54, 1.807) is 0 Å². The first-order chi connectivity index (χ1) is 12.0. The van der Waals surface area contributed by atoms with E-state index in [1.807, 2.05) is 0 Å². The zero-order valence-corrected chi connectivity index (χ0v) is 18.3. The molecule has 0 aliphatic carbocycles. The molecule has 0 aromatic heterocycles. The van der Waals surface area contributed by atoms with Crippen LogP contribution in [-0.4, -0.2) is 146 Å². The summed E-state index contributed by atoms with van der Waals surface area (Å²) in [6.45, 7) is 9.10. The Hall–Kier alpha value is 4.00. The summed E-state index contributed by atoms with van der Waals surface area (Å²) in [6.07, 6.45) is 8.56. The van der Waals surface area contributed by atoms with Crippen LogP contribution in [0.4, 0.5) is 0 Å². The Labute approximate surface area is 266 Å². The van der Waals surface area contributed by atoms with Gasteiger partial charge in [0.1, 0.15) is 0 Å². The minimum absolute atomic E-state index is 0. The molecule has 29 heavy (non-hydrogen) atoms. The van der Waals surface area contributed by atoms with Crippen molar-refractivity contribution >= 4 is 129 Å². The van der Waals surface area contributed by atoms with Crippen LogP contribution in [0.1, 0.15) is 79.1 Å². The Balaban J connectivity index is -0.000000213. The summed E-state index contributed by atoms with van der Waals surface area (Å²) in [6, 6.07) is 0. The van der Waals surface area contributed by atoms with E-state index >= 15 is 0 Å². The number of hydrogen-bond acceptors (Lipinski definition) is 4. The van der Waals surface area contributed by atoms with Crippen molar-refractivity contribution < 1.29 is 37.8 Å². The van der Waals surface area contributed by atoms with Crippen LogP contribution in [0.2, 0.25) is 0 Å². The van der Waals surface area contributed by atoms with Crippen LogP contribution in [0.25, 0.3) is 0 Å². The van der Waals surface area contributed by atoms with Gasteiger partial charge in [-0.1, -0.05) is 66.2 Å². The van der Waals surface area contributed by atoms with Crippen molar-refractivity contribution in [2.75, 3.05) is 13.2 Å². The van der Waals surface area contributed by atoms with Gasteiger partial charge in [-0.2, -0.15) is 0 Å². The molecule has 0 aromatic carbocycles. The van der Waals surface area contributed by atoms with E-state index in [9.17, 15) is 9.46 Å². The summed E-state index contributed by atoms with van der Waals surface area (Å²) in [5, 5.41) is 0. The van der Waals surface area contributed by atoms with Crippen LogP contribution >= 0.6 is 15.6 Å². The second-order valence-electron chi connectivity index (χ2n) is 6.41. The molecule has 4 N–H and O–H groups in total. The molecule has 8 nitrogen and oxygen atoms in total. The van der Waals surface area contributed by atoms with E-state index in [4.69, 9.17) is 28.3 Å². The monoisotopic (exact) mass is 546 g/mol. The minimum atomic E-state index is -4.64.